The van der Waals surface area contributed by atoms with E-state index in [1.165, 1.54) is 0 Å². The number of hydrogen-bond acceptors (Lipinski definition) is 4. The van der Waals surface area contributed by atoms with Gasteiger partial charge in [0.05, 0.1) is 13.3 Å². The van der Waals surface area contributed by atoms with E-state index < -0.39 is 0 Å². The van der Waals surface area contributed by atoms with E-state index in [2.05, 4.69) is 15.2 Å². The molecule has 3 heterocycles. The number of rotatable bonds is 5. The molecule has 0 radical (unpaired) electrons. The van der Waals surface area contributed by atoms with Crippen molar-refractivity contribution < 1.29 is 9.53 Å². The summed E-state index contributed by atoms with van der Waals surface area (Å²) in [6.45, 7) is 2.66. The molecular weight excluding hydrogens is 340 g/mol. The zero-order chi connectivity index (χ0) is 18.8. The Labute approximate surface area is 158 Å². The zero-order valence-corrected chi connectivity index (χ0v) is 15.5. The van der Waals surface area contributed by atoms with Crippen LogP contribution in [0.5, 0.6) is 5.75 Å². The Kier molecular flexibility index (Phi) is 4.62. The standard InChI is InChI=1S/C21H22N4O2/c1-14-19(17-12-22-23-13-17)6-7-20(24-14)25-9-8-16(21(25)26)10-15-4-3-5-18(11-15)27-2/h3-7,11-13,16H,8-10H2,1-2H3,(H,22,23). The molecule has 2 aromatic heterocycles. The first kappa shape index (κ1) is 17.3. The summed E-state index contributed by atoms with van der Waals surface area (Å²) >= 11 is 0. The molecule has 1 aromatic carbocycles. The number of nitrogens with zero attached hydrogens (tertiary/aromatic N) is 3. The van der Waals surface area contributed by atoms with Gasteiger partial charge in [-0.3, -0.25) is 14.8 Å². The van der Waals surface area contributed by atoms with E-state index in [0.717, 1.165) is 46.8 Å². The highest BCUT2D eigenvalue weighted by molar-refractivity contribution is 5.96. The number of amides is 1. The largest absolute Gasteiger partial charge is 0.497 e. The fourth-order valence-electron chi connectivity index (χ4n) is 3.64. The third-order valence-electron chi connectivity index (χ3n) is 5.09. The van der Waals surface area contributed by atoms with Crippen molar-refractivity contribution in [1.29, 1.82) is 0 Å². The second-order valence-corrected chi connectivity index (χ2v) is 6.82. The molecule has 138 valence electrons. The van der Waals surface area contributed by atoms with E-state index in [4.69, 9.17) is 4.74 Å². The first-order valence-electron chi connectivity index (χ1n) is 9.07. The topological polar surface area (TPSA) is 71.1 Å². The van der Waals surface area contributed by atoms with Crippen LogP contribution in [-0.2, 0) is 11.2 Å². The summed E-state index contributed by atoms with van der Waals surface area (Å²) in [7, 11) is 1.66. The van der Waals surface area contributed by atoms with E-state index in [1.807, 2.05) is 49.5 Å². The predicted molar refractivity (Wildman–Crippen MR) is 104 cm³/mol. The molecule has 0 saturated carbocycles. The Bertz CT molecular complexity index is 953. The van der Waals surface area contributed by atoms with Crippen molar-refractivity contribution in [1.82, 2.24) is 15.2 Å². The van der Waals surface area contributed by atoms with Crippen LogP contribution in [0.4, 0.5) is 5.82 Å². The molecular formula is C21H22N4O2. The third-order valence-corrected chi connectivity index (χ3v) is 5.09. The molecule has 0 bridgehead atoms. The number of aryl methyl sites for hydroxylation is 1. The number of hydrogen-bond donors (Lipinski definition) is 1. The molecule has 0 aliphatic carbocycles. The molecule has 1 amide bonds. The van der Waals surface area contributed by atoms with Crippen molar-refractivity contribution in [2.45, 2.75) is 19.8 Å². The number of H-pyrrole nitrogens is 1. The van der Waals surface area contributed by atoms with E-state index >= 15 is 0 Å². The number of anilines is 1. The van der Waals surface area contributed by atoms with E-state index in [0.29, 0.717) is 6.54 Å². The average Bonchev–Trinajstić information content (AvgIpc) is 3.33. The number of aromatic nitrogens is 3. The highest BCUT2D eigenvalue weighted by Crippen LogP contribution is 2.30. The minimum Gasteiger partial charge on any atom is -0.497 e. The molecule has 1 unspecified atom stereocenters. The number of benzene rings is 1. The quantitative estimate of drug-likeness (QED) is 0.755. The maximum Gasteiger partial charge on any atom is 0.231 e. The second-order valence-electron chi connectivity index (χ2n) is 6.82. The summed E-state index contributed by atoms with van der Waals surface area (Å²) in [5.74, 6) is 1.66. The van der Waals surface area contributed by atoms with Crippen LogP contribution in [0.3, 0.4) is 0 Å². The van der Waals surface area contributed by atoms with Crippen LogP contribution in [0.1, 0.15) is 17.7 Å². The highest BCUT2D eigenvalue weighted by Gasteiger charge is 2.33. The molecule has 1 N–H and O–H groups in total. The smallest absolute Gasteiger partial charge is 0.231 e. The van der Waals surface area contributed by atoms with Gasteiger partial charge in [-0.05, 0) is 49.6 Å². The second kappa shape index (κ2) is 7.23. The molecule has 27 heavy (non-hydrogen) atoms. The first-order chi connectivity index (χ1) is 13.2. The van der Waals surface area contributed by atoms with Crippen LogP contribution in [-0.4, -0.2) is 34.7 Å². The van der Waals surface area contributed by atoms with Crippen LogP contribution < -0.4 is 9.64 Å². The van der Waals surface area contributed by atoms with Crippen molar-refractivity contribution >= 4 is 11.7 Å². The maximum atomic E-state index is 12.9. The molecule has 1 aliphatic heterocycles. The summed E-state index contributed by atoms with van der Waals surface area (Å²) in [6, 6.07) is 11.8. The van der Waals surface area contributed by atoms with Gasteiger partial charge in [0.15, 0.2) is 0 Å². The Morgan fingerprint density at radius 3 is 2.93 bits per heavy atom. The number of aromatic amines is 1. The van der Waals surface area contributed by atoms with Gasteiger partial charge in [-0.15, -0.1) is 0 Å². The van der Waals surface area contributed by atoms with Crippen molar-refractivity contribution in [3.8, 4) is 16.9 Å². The number of nitrogens with one attached hydrogen (secondary N) is 1. The van der Waals surface area contributed by atoms with Crippen molar-refractivity contribution in [2.24, 2.45) is 5.92 Å². The normalized spacial score (nSPS) is 16.7. The van der Waals surface area contributed by atoms with Gasteiger partial charge in [0.25, 0.3) is 0 Å². The Balaban J connectivity index is 1.51. The number of carbonyl (C=O) groups excluding carboxylic acids is 1. The minimum atomic E-state index is -0.0206. The Morgan fingerprint density at radius 1 is 1.30 bits per heavy atom. The van der Waals surface area contributed by atoms with Crippen LogP contribution in [0.2, 0.25) is 0 Å². The number of carbonyl (C=O) groups is 1. The highest BCUT2D eigenvalue weighted by atomic mass is 16.5. The van der Waals surface area contributed by atoms with Gasteiger partial charge < -0.3 is 4.74 Å². The van der Waals surface area contributed by atoms with Gasteiger partial charge in [-0.25, -0.2) is 4.98 Å². The van der Waals surface area contributed by atoms with Crippen LogP contribution in [0, 0.1) is 12.8 Å². The molecule has 4 rings (SSSR count). The third kappa shape index (κ3) is 3.43. The lowest BCUT2D eigenvalue weighted by Gasteiger charge is -2.17. The lowest BCUT2D eigenvalue weighted by molar-refractivity contribution is -0.120. The van der Waals surface area contributed by atoms with E-state index in [9.17, 15) is 4.79 Å². The lowest BCUT2D eigenvalue weighted by atomic mass is 9.98. The van der Waals surface area contributed by atoms with Gasteiger partial charge in [-0.2, -0.15) is 5.10 Å². The SMILES string of the molecule is COc1cccc(CC2CCN(c3ccc(-c4cn[nH]c4)c(C)n3)C2=O)c1. The van der Waals surface area contributed by atoms with Crippen LogP contribution in [0.25, 0.3) is 11.1 Å². The molecule has 0 spiro atoms. The fourth-order valence-corrected chi connectivity index (χ4v) is 3.64. The van der Waals surface area contributed by atoms with E-state index in [-0.39, 0.29) is 11.8 Å². The van der Waals surface area contributed by atoms with Gasteiger partial charge >= 0.3 is 0 Å². The van der Waals surface area contributed by atoms with Gasteiger partial charge in [0.1, 0.15) is 11.6 Å². The van der Waals surface area contributed by atoms with Crippen molar-refractivity contribution in [3.63, 3.8) is 0 Å². The van der Waals surface area contributed by atoms with Gasteiger partial charge in [0.2, 0.25) is 5.91 Å². The average molecular weight is 362 g/mol. The molecule has 1 aliphatic rings. The summed E-state index contributed by atoms with van der Waals surface area (Å²) in [6.07, 6.45) is 5.17. The number of methoxy groups -OCH3 is 1. The van der Waals surface area contributed by atoms with Crippen molar-refractivity contribution in [3.05, 3.63) is 60.0 Å². The van der Waals surface area contributed by atoms with Crippen LogP contribution >= 0.6 is 0 Å². The first-order valence-corrected chi connectivity index (χ1v) is 9.07. The van der Waals surface area contributed by atoms with Gasteiger partial charge in [0, 0.05) is 35.5 Å². The minimum absolute atomic E-state index is 0.0206. The number of ether oxygens (including phenoxy) is 1. The molecule has 6 nitrogen and oxygen atoms in total. The van der Waals surface area contributed by atoms with Crippen molar-refractivity contribution in [2.75, 3.05) is 18.6 Å². The van der Waals surface area contributed by atoms with E-state index in [1.54, 1.807) is 18.2 Å². The Hall–Kier alpha value is -3.15. The summed E-state index contributed by atoms with van der Waals surface area (Å²) < 4.78 is 5.28. The zero-order valence-electron chi connectivity index (χ0n) is 15.5. The monoisotopic (exact) mass is 362 g/mol. The predicted octanol–water partition coefficient (Wildman–Crippen LogP) is 3.38. The number of pyridine rings is 1. The molecule has 1 atom stereocenters. The molecule has 1 saturated heterocycles. The summed E-state index contributed by atoms with van der Waals surface area (Å²) in [5.41, 5.74) is 4.02. The fraction of sp³-hybridized carbons (Fsp3) is 0.286. The van der Waals surface area contributed by atoms with Gasteiger partial charge in [-0.1, -0.05) is 12.1 Å². The lowest BCUT2D eigenvalue weighted by Crippen LogP contribution is -2.28. The maximum absolute atomic E-state index is 12.9. The Morgan fingerprint density at radius 2 is 2.19 bits per heavy atom. The van der Waals surface area contributed by atoms with Crippen LogP contribution in [0.15, 0.2) is 48.8 Å². The summed E-state index contributed by atoms with van der Waals surface area (Å²) in [4.78, 5) is 19.4. The molecule has 3 aromatic rings. The molecule has 6 heteroatoms. The molecule has 1 fully saturated rings. The summed E-state index contributed by atoms with van der Waals surface area (Å²) in [5, 5.41) is 6.81.